The molecule has 1 heterocycles. The van der Waals surface area contributed by atoms with Gasteiger partial charge in [-0.15, -0.1) is 0 Å². The minimum absolute atomic E-state index is 0.0990. The number of hydrogen-bond acceptors (Lipinski definition) is 4. The van der Waals surface area contributed by atoms with Crippen molar-refractivity contribution in [3.05, 3.63) is 41.7 Å². The summed E-state index contributed by atoms with van der Waals surface area (Å²) in [5, 5.41) is 7.76. The van der Waals surface area contributed by atoms with Gasteiger partial charge in [0, 0.05) is 6.04 Å². The Morgan fingerprint density at radius 2 is 2.28 bits per heavy atom. The highest BCUT2D eigenvalue weighted by Crippen LogP contribution is 2.36. The number of benzene rings is 1. The van der Waals surface area contributed by atoms with Crippen LogP contribution in [0.4, 0.5) is 0 Å². The van der Waals surface area contributed by atoms with Crippen molar-refractivity contribution in [2.45, 2.75) is 36.7 Å². The van der Waals surface area contributed by atoms with Crippen LogP contribution in [0.1, 0.15) is 29.7 Å². The molecule has 2 atom stereocenters. The number of nitrogens with one attached hydrogen (secondary N) is 1. The Bertz CT molecular complexity index is 483. The zero-order valence-corrected chi connectivity index (χ0v) is 11.4. The van der Waals surface area contributed by atoms with Gasteiger partial charge in [0.05, 0.1) is 5.25 Å². The fourth-order valence-corrected chi connectivity index (χ4v) is 2.94. The third kappa shape index (κ3) is 3.11. The first kappa shape index (κ1) is 13.1. The van der Waals surface area contributed by atoms with E-state index in [1.54, 1.807) is 11.8 Å². The Labute approximate surface area is 111 Å². The Hall–Kier alpha value is -1.33. The molecule has 4 nitrogen and oxygen atoms in total. The molecule has 0 spiro atoms. The molecule has 18 heavy (non-hydrogen) atoms. The maximum Gasteiger partial charge on any atom is 0.184 e. The summed E-state index contributed by atoms with van der Waals surface area (Å²) in [5.74, 6) is 0. The highest BCUT2D eigenvalue weighted by atomic mass is 32.2. The molecule has 1 aromatic carbocycles. The van der Waals surface area contributed by atoms with Gasteiger partial charge < -0.3 is 5.73 Å². The van der Waals surface area contributed by atoms with Crippen molar-refractivity contribution in [3.8, 4) is 0 Å². The van der Waals surface area contributed by atoms with E-state index < -0.39 is 0 Å². The monoisotopic (exact) mass is 262 g/mol. The lowest BCUT2D eigenvalue weighted by Crippen LogP contribution is -2.25. The number of nitrogens with two attached hydrogens (primary N) is 1. The van der Waals surface area contributed by atoms with Gasteiger partial charge >= 0.3 is 0 Å². The summed E-state index contributed by atoms with van der Waals surface area (Å²) >= 11 is 1.64. The molecule has 2 aromatic rings. The van der Waals surface area contributed by atoms with Gasteiger partial charge in [-0.3, -0.25) is 5.10 Å². The first-order chi connectivity index (χ1) is 8.70. The average Bonchev–Trinajstić information content (AvgIpc) is 2.88. The highest BCUT2D eigenvalue weighted by Gasteiger charge is 2.21. The summed E-state index contributed by atoms with van der Waals surface area (Å²) in [5.41, 5.74) is 8.72. The normalized spacial score (nSPS) is 14.4. The molecule has 0 bridgehead atoms. The Morgan fingerprint density at radius 3 is 2.89 bits per heavy atom. The van der Waals surface area contributed by atoms with Gasteiger partial charge in [-0.2, -0.15) is 5.10 Å². The summed E-state index contributed by atoms with van der Waals surface area (Å²) in [7, 11) is 0. The van der Waals surface area contributed by atoms with E-state index in [1.165, 1.54) is 17.5 Å². The van der Waals surface area contributed by atoms with E-state index in [0.29, 0.717) is 0 Å². The summed E-state index contributed by atoms with van der Waals surface area (Å²) < 4.78 is 0. The van der Waals surface area contributed by atoms with Gasteiger partial charge in [-0.05, 0) is 18.9 Å². The van der Waals surface area contributed by atoms with Crippen molar-refractivity contribution >= 4 is 11.8 Å². The molecule has 0 aliphatic heterocycles. The van der Waals surface area contributed by atoms with Crippen LogP contribution in [-0.2, 0) is 0 Å². The number of aromatic nitrogens is 3. The van der Waals surface area contributed by atoms with Gasteiger partial charge in [0.2, 0.25) is 0 Å². The third-order valence-electron chi connectivity index (χ3n) is 2.86. The van der Waals surface area contributed by atoms with Gasteiger partial charge in [0.1, 0.15) is 6.33 Å². The van der Waals surface area contributed by atoms with Crippen LogP contribution in [0, 0.1) is 6.92 Å². The number of thioether (sulfide) groups is 1. The first-order valence-electron chi connectivity index (χ1n) is 6.05. The fraction of sp³-hybridized carbons (Fsp3) is 0.385. The van der Waals surface area contributed by atoms with Crippen LogP contribution in [0.2, 0.25) is 0 Å². The predicted molar refractivity (Wildman–Crippen MR) is 74.4 cm³/mol. The van der Waals surface area contributed by atoms with Crippen LogP contribution in [0.25, 0.3) is 0 Å². The molecule has 0 saturated carbocycles. The molecular weight excluding hydrogens is 244 g/mol. The van der Waals surface area contributed by atoms with E-state index in [2.05, 4.69) is 53.3 Å². The van der Waals surface area contributed by atoms with Crippen LogP contribution >= 0.6 is 11.8 Å². The van der Waals surface area contributed by atoms with Gasteiger partial charge in [0.15, 0.2) is 5.16 Å². The first-order valence-corrected chi connectivity index (χ1v) is 6.93. The molecule has 0 saturated heterocycles. The highest BCUT2D eigenvalue weighted by molar-refractivity contribution is 7.99. The second-order valence-electron chi connectivity index (χ2n) is 4.32. The molecule has 0 amide bonds. The van der Waals surface area contributed by atoms with E-state index in [0.717, 1.165) is 11.6 Å². The number of nitrogens with zero attached hydrogens (tertiary/aromatic N) is 2. The molecule has 2 rings (SSSR count). The number of H-pyrrole nitrogens is 1. The quantitative estimate of drug-likeness (QED) is 0.813. The third-order valence-corrected chi connectivity index (χ3v) is 4.16. The smallest absolute Gasteiger partial charge is 0.184 e. The zero-order valence-electron chi connectivity index (χ0n) is 10.6. The molecule has 96 valence electrons. The molecule has 0 radical (unpaired) electrons. The number of hydrogen-bond donors (Lipinski definition) is 2. The predicted octanol–water partition coefficient (Wildman–Crippen LogP) is 2.68. The van der Waals surface area contributed by atoms with Gasteiger partial charge in [0.25, 0.3) is 0 Å². The van der Waals surface area contributed by atoms with E-state index in [1.807, 2.05) is 0 Å². The summed E-state index contributed by atoms with van der Waals surface area (Å²) in [6.45, 7) is 4.20. The number of rotatable bonds is 5. The van der Waals surface area contributed by atoms with Crippen molar-refractivity contribution in [2.24, 2.45) is 5.73 Å². The molecule has 1 aromatic heterocycles. The SMILES string of the molecule is CCC(N)C(Sc1ncn[nH]1)c1cccc(C)c1. The lowest BCUT2D eigenvalue weighted by Gasteiger charge is -2.22. The van der Waals surface area contributed by atoms with E-state index in [9.17, 15) is 0 Å². The molecule has 0 fully saturated rings. The summed E-state index contributed by atoms with van der Waals surface area (Å²) in [6, 6.07) is 8.57. The second-order valence-corrected chi connectivity index (χ2v) is 5.45. The van der Waals surface area contributed by atoms with Gasteiger partial charge in [-0.25, -0.2) is 4.98 Å². The van der Waals surface area contributed by atoms with Crippen molar-refractivity contribution < 1.29 is 0 Å². The largest absolute Gasteiger partial charge is 0.326 e. The summed E-state index contributed by atoms with van der Waals surface area (Å²) in [4.78, 5) is 4.16. The van der Waals surface area contributed by atoms with Crippen LogP contribution in [0.5, 0.6) is 0 Å². The van der Waals surface area contributed by atoms with Crippen molar-refractivity contribution in [1.82, 2.24) is 15.2 Å². The summed E-state index contributed by atoms with van der Waals surface area (Å²) in [6.07, 6.45) is 2.45. The van der Waals surface area contributed by atoms with Crippen LogP contribution in [0.15, 0.2) is 35.7 Å². The van der Waals surface area contributed by atoms with Crippen LogP contribution in [-0.4, -0.2) is 21.2 Å². The second kappa shape index (κ2) is 6.02. The number of aromatic amines is 1. The number of aryl methyl sites for hydroxylation is 1. The maximum absolute atomic E-state index is 6.23. The van der Waals surface area contributed by atoms with Crippen LogP contribution in [0.3, 0.4) is 0 Å². The fourth-order valence-electron chi connectivity index (χ4n) is 1.84. The molecule has 2 unspecified atom stereocenters. The lowest BCUT2D eigenvalue weighted by atomic mass is 10.0. The molecular formula is C13H18N4S. The van der Waals surface area contributed by atoms with Crippen molar-refractivity contribution in [3.63, 3.8) is 0 Å². The van der Waals surface area contributed by atoms with E-state index in [4.69, 9.17) is 5.73 Å². The van der Waals surface area contributed by atoms with E-state index >= 15 is 0 Å². The van der Waals surface area contributed by atoms with E-state index in [-0.39, 0.29) is 11.3 Å². The average molecular weight is 262 g/mol. The standard InChI is InChI=1S/C13H18N4S/c1-3-11(14)12(18-13-15-8-16-17-13)10-6-4-5-9(2)7-10/h4-8,11-12H,3,14H2,1-2H3,(H,15,16,17). The molecule has 0 aliphatic rings. The Balaban J connectivity index is 2.25. The lowest BCUT2D eigenvalue weighted by molar-refractivity contribution is 0.632. The van der Waals surface area contributed by atoms with Crippen LogP contribution < -0.4 is 5.73 Å². The van der Waals surface area contributed by atoms with Crippen molar-refractivity contribution in [1.29, 1.82) is 0 Å². The minimum Gasteiger partial charge on any atom is -0.326 e. The Kier molecular flexibility index (Phi) is 4.38. The molecule has 0 aliphatic carbocycles. The minimum atomic E-state index is 0.0990. The van der Waals surface area contributed by atoms with Crippen molar-refractivity contribution in [2.75, 3.05) is 0 Å². The molecule has 3 N–H and O–H groups in total. The Morgan fingerprint density at radius 1 is 1.44 bits per heavy atom. The zero-order chi connectivity index (χ0) is 13.0. The topological polar surface area (TPSA) is 67.6 Å². The van der Waals surface area contributed by atoms with Gasteiger partial charge in [-0.1, -0.05) is 48.5 Å². The maximum atomic E-state index is 6.23. The molecule has 5 heteroatoms.